The average molecular weight is 284 g/mol. The van der Waals surface area contributed by atoms with E-state index < -0.39 is 17.5 Å². The van der Waals surface area contributed by atoms with Crippen molar-refractivity contribution < 1.29 is 18.0 Å². The fraction of sp³-hybridized carbons (Fsp3) is 0.500. The molecule has 3 unspecified atom stereocenters. The van der Waals surface area contributed by atoms with Crippen molar-refractivity contribution >= 4 is 11.6 Å². The summed E-state index contributed by atoms with van der Waals surface area (Å²) in [4.78, 5) is 12.2. The lowest BCUT2D eigenvalue weighted by Crippen LogP contribution is -2.39. The van der Waals surface area contributed by atoms with E-state index in [1.165, 1.54) is 0 Å². The molecular formula is C14H15F3N2O. The Morgan fingerprint density at radius 2 is 1.90 bits per heavy atom. The maximum Gasteiger partial charge on any atom is 0.241 e. The Balaban J connectivity index is 1.73. The lowest BCUT2D eigenvalue weighted by molar-refractivity contribution is -0.118. The molecule has 1 aliphatic heterocycles. The number of benzene rings is 1. The molecule has 1 amide bonds. The van der Waals surface area contributed by atoms with Crippen LogP contribution in [-0.2, 0) is 4.79 Å². The first-order valence-corrected chi connectivity index (χ1v) is 6.75. The van der Waals surface area contributed by atoms with Crippen molar-refractivity contribution in [2.75, 3.05) is 11.9 Å². The Morgan fingerprint density at radius 3 is 2.60 bits per heavy atom. The SMILES string of the molecule is O=C(Nc1cc(F)c(F)c(F)c1)C1NCC2CCCC21. The van der Waals surface area contributed by atoms with Crippen LogP contribution in [0.15, 0.2) is 12.1 Å². The maximum absolute atomic E-state index is 13.1. The summed E-state index contributed by atoms with van der Waals surface area (Å²) in [5.41, 5.74) is -0.0605. The molecule has 1 aliphatic carbocycles. The van der Waals surface area contributed by atoms with Gasteiger partial charge in [-0.3, -0.25) is 4.79 Å². The van der Waals surface area contributed by atoms with Crippen LogP contribution in [0.2, 0.25) is 0 Å². The Morgan fingerprint density at radius 1 is 1.20 bits per heavy atom. The highest BCUT2D eigenvalue weighted by atomic mass is 19.2. The zero-order valence-electron chi connectivity index (χ0n) is 10.8. The minimum absolute atomic E-state index is 0.0605. The van der Waals surface area contributed by atoms with Crippen molar-refractivity contribution in [2.45, 2.75) is 25.3 Å². The highest BCUT2D eigenvalue weighted by molar-refractivity contribution is 5.95. The third kappa shape index (κ3) is 2.28. The number of hydrogen-bond acceptors (Lipinski definition) is 2. The molecule has 2 N–H and O–H groups in total. The highest BCUT2D eigenvalue weighted by Gasteiger charge is 2.42. The van der Waals surface area contributed by atoms with Crippen LogP contribution >= 0.6 is 0 Å². The zero-order chi connectivity index (χ0) is 14.3. The minimum Gasteiger partial charge on any atom is -0.325 e. The van der Waals surface area contributed by atoms with Crippen molar-refractivity contribution in [3.05, 3.63) is 29.6 Å². The molecule has 0 aromatic heterocycles. The number of anilines is 1. The first kappa shape index (κ1) is 13.4. The summed E-state index contributed by atoms with van der Waals surface area (Å²) in [5, 5.41) is 5.60. The summed E-state index contributed by atoms with van der Waals surface area (Å²) in [7, 11) is 0. The van der Waals surface area contributed by atoms with Crippen molar-refractivity contribution in [1.82, 2.24) is 5.32 Å². The summed E-state index contributed by atoms with van der Waals surface area (Å²) in [6, 6.07) is 1.24. The van der Waals surface area contributed by atoms with Crippen molar-refractivity contribution in [1.29, 1.82) is 0 Å². The molecule has 1 saturated carbocycles. The molecule has 1 aromatic carbocycles. The van der Waals surface area contributed by atoms with Gasteiger partial charge in [0.2, 0.25) is 5.91 Å². The van der Waals surface area contributed by atoms with Crippen molar-refractivity contribution in [3.8, 4) is 0 Å². The lowest BCUT2D eigenvalue weighted by atomic mass is 9.93. The summed E-state index contributed by atoms with van der Waals surface area (Å²) < 4.78 is 39.1. The van der Waals surface area contributed by atoms with Gasteiger partial charge in [0.25, 0.3) is 0 Å². The third-order valence-electron chi connectivity index (χ3n) is 4.28. The van der Waals surface area contributed by atoms with Crippen LogP contribution in [0.5, 0.6) is 0 Å². The second-order valence-electron chi connectivity index (χ2n) is 5.48. The van der Waals surface area contributed by atoms with Crippen LogP contribution in [0.4, 0.5) is 18.9 Å². The number of nitrogens with one attached hydrogen (secondary N) is 2. The summed E-state index contributed by atoms with van der Waals surface area (Å²) in [6.07, 6.45) is 3.21. The van der Waals surface area contributed by atoms with Gasteiger partial charge in [-0.15, -0.1) is 0 Å². The number of rotatable bonds is 2. The Hall–Kier alpha value is -1.56. The van der Waals surface area contributed by atoms with Gasteiger partial charge in [0.05, 0.1) is 6.04 Å². The molecule has 20 heavy (non-hydrogen) atoms. The van der Waals surface area contributed by atoms with Gasteiger partial charge in [0.1, 0.15) is 0 Å². The quantitative estimate of drug-likeness (QED) is 0.819. The molecule has 3 nitrogen and oxygen atoms in total. The van der Waals surface area contributed by atoms with Crippen molar-refractivity contribution in [2.24, 2.45) is 11.8 Å². The minimum atomic E-state index is -1.53. The lowest BCUT2D eigenvalue weighted by Gasteiger charge is -2.17. The summed E-state index contributed by atoms with van der Waals surface area (Å²) in [6.45, 7) is 0.800. The van der Waals surface area contributed by atoms with E-state index in [9.17, 15) is 18.0 Å². The van der Waals surface area contributed by atoms with Gasteiger partial charge in [-0.1, -0.05) is 6.42 Å². The second kappa shape index (κ2) is 5.09. The van der Waals surface area contributed by atoms with Crippen LogP contribution in [-0.4, -0.2) is 18.5 Å². The van der Waals surface area contributed by atoms with Gasteiger partial charge < -0.3 is 10.6 Å². The summed E-state index contributed by atoms with van der Waals surface area (Å²) in [5.74, 6) is -3.67. The van der Waals surface area contributed by atoms with E-state index in [-0.39, 0.29) is 23.6 Å². The highest BCUT2D eigenvalue weighted by Crippen LogP contribution is 2.38. The van der Waals surface area contributed by atoms with Gasteiger partial charge in [-0.05, 0) is 31.2 Å². The van der Waals surface area contributed by atoms with E-state index in [1.807, 2.05) is 0 Å². The largest absolute Gasteiger partial charge is 0.325 e. The number of amides is 1. The molecule has 2 fully saturated rings. The molecule has 1 saturated heterocycles. The molecule has 1 aromatic rings. The van der Waals surface area contributed by atoms with E-state index >= 15 is 0 Å². The average Bonchev–Trinajstić information content (AvgIpc) is 2.97. The molecule has 0 bridgehead atoms. The molecule has 6 heteroatoms. The van der Waals surface area contributed by atoms with Crippen LogP contribution in [0.1, 0.15) is 19.3 Å². The fourth-order valence-corrected chi connectivity index (χ4v) is 3.32. The first-order valence-electron chi connectivity index (χ1n) is 6.75. The molecular weight excluding hydrogens is 269 g/mol. The smallest absolute Gasteiger partial charge is 0.241 e. The van der Waals surface area contributed by atoms with Crippen LogP contribution < -0.4 is 10.6 Å². The van der Waals surface area contributed by atoms with Crippen molar-refractivity contribution in [3.63, 3.8) is 0 Å². The number of fused-ring (bicyclic) bond motifs is 1. The topological polar surface area (TPSA) is 41.1 Å². The summed E-state index contributed by atoms with van der Waals surface area (Å²) >= 11 is 0. The Labute approximate surface area is 114 Å². The van der Waals surface area contributed by atoms with Gasteiger partial charge in [0.15, 0.2) is 17.5 Å². The number of hydrogen-bond donors (Lipinski definition) is 2. The monoisotopic (exact) mass is 284 g/mol. The van der Waals surface area contributed by atoms with Gasteiger partial charge in [-0.2, -0.15) is 0 Å². The number of carbonyl (C=O) groups excluding carboxylic acids is 1. The Kier molecular flexibility index (Phi) is 3.41. The predicted octanol–water partition coefficient (Wildman–Crippen LogP) is 2.43. The third-order valence-corrected chi connectivity index (χ3v) is 4.28. The molecule has 2 aliphatic rings. The van der Waals surface area contributed by atoms with E-state index in [0.717, 1.165) is 37.9 Å². The number of halogens is 3. The molecule has 108 valence electrons. The molecule has 3 rings (SSSR count). The van der Waals surface area contributed by atoms with Gasteiger partial charge >= 0.3 is 0 Å². The molecule has 1 heterocycles. The van der Waals surface area contributed by atoms with E-state index in [1.54, 1.807) is 0 Å². The van der Waals surface area contributed by atoms with E-state index in [0.29, 0.717) is 5.92 Å². The number of carbonyl (C=O) groups is 1. The second-order valence-corrected chi connectivity index (χ2v) is 5.48. The van der Waals surface area contributed by atoms with E-state index in [4.69, 9.17) is 0 Å². The molecule has 3 atom stereocenters. The van der Waals surface area contributed by atoms with Crippen LogP contribution in [0, 0.1) is 29.3 Å². The predicted molar refractivity (Wildman–Crippen MR) is 67.6 cm³/mol. The first-order chi connectivity index (χ1) is 9.56. The fourth-order valence-electron chi connectivity index (χ4n) is 3.32. The Bertz CT molecular complexity index is 526. The molecule has 0 spiro atoms. The molecule has 0 radical (unpaired) electrons. The van der Waals surface area contributed by atoms with Crippen LogP contribution in [0.3, 0.4) is 0 Å². The zero-order valence-corrected chi connectivity index (χ0v) is 10.8. The normalized spacial score (nSPS) is 28.4. The maximum atomic E-state index is 13.1. The van der Waals surface area contributed by atoms with Gasteiger partial charge in [-0.25, -0.2) is 13.2 Å². The van der Waals surface area contributed by atoms with Gasteiger partial charge in [0, 0.05) is 17.8 Å². The standard InChI is InChI=1S/C14H15F3N2O/c15-10-4-8(5-11(16)12(10)17)19-14(20)13-9-3-1-2-7(9)6-18-13/h4-5,7,9,13,18H,1-3,6H2,(H,19,20). The van der Waals surface area contributed by atoms with E-state index in [2.05, 4.69) is 10.6 Å². The van der Waals surface area contributed by atoms with Crippen LogP contribution in [0.25, 0.3) is 0 Å².